The molecule has 1 N–H and O–H groups in total. The van der Waals surface area contributed by atoms with E-state index in [0.29, 0.717) is 16.3 Å². The smallest absolute Gasteiger partial charge is 0.481 e. The van der Waals surface area contributed by atoms with E-state index < -0.39 is 18.1 Å². The van der Waals surface area contributed by atoms with Crippen LogP contribution < -0.4 is 9.47 Å². The van der Waals surface area contributed by atoms with Gasteiger partial charge in [0.25, 0.3) is 0 Å². The molecule has 1 aromatic heterocycles. The Morgan fingerprint density at radius 1 is 1.17 bits per heavy atom. The number of hydrogen-bond acceptors (Lipinski definition) is 5. The first-order chi connectivity index (χ1) is 13.7. The second-order valence-corrected chi connectivity index (χ2v) is 7.30. The molecule has 152 valence electrons. The molecule has 0 amide bonds. The molecule has 9 heteroatoms. The Hall–Kier alpha value is -2.94. The molecule has 0 saturated carbocycles. The molecular formula is C20H16F3NO4S. The fourth-order valence-corrected chi connectivity index (χ4v) is 3.34. The van der Waals surface area contributed by atoms with E-state index in [0.717, 1.165) is 10.6 Å². The van der Waals surface area contributed by atoms with Crippen LogP contribution in [0.2, 0.25) is 0 Å². The van der Waals surface area contributed by atoms with Crippen LogP contribution in [0.4, 0.5) is 13.2 Å². The van der Waals surface area contributed by atoms with Crippen molar-refractivity contribution in [1.82, 2.24) is 4.98 Å². The molecule has 0 aliphatic rings. The highest BCUT2D eigenvalue weighted by atomic mass is 32.2. The minimum Gasteiger partial charge on any atom is -0.481 e. The number of carbonyl (C=O) groups is 1. The third kappa shape index (κ3) is 5.77. The number of alkyl halides is 3. The van der Waals surface area contributed by atoms with Crippen molar-refractivity contribution in [3.8, 4) is 17.4 Å². The van der Waals surface area contributed by atoms with Crippen molar-refractivity contribution in [2.24, 2.45) is 0 Å². The van der Waals surface area contributed by atoms with E-state index in [1.54, 1.807) is 30.1 Å². The molecule has 0 fully saturated rings. The predicted molar refractivity (Wildman–Crippen MR) is 103 cm³/mol. The lowest BCUT2D eigenvalue weighted by Crippen LogP contribution is -2.17. The molecule has 0 saturated heterocycles. The van der Waals surface area contributed by atoms with Gasteiger partial charge in [-0.1, -0.05) is 19.1 Å². The van der Waals surface area contributed by atoms with Crippen LogP contribution in [-0.4, -0.2) is 28.2 Å². The summed E-state index contributed by atoms with van der Waals surface area (Å²) in [4.78, 5) is 16.2. The second-order valence-electron chi connectivity index (χ2n) is 5.96. The molecule has 0 aliphatic heterocycles. The number of ether oxygens (including phenoxy) is 2. The molecule has 1 heterocycles. The van der Waals surface area contributed by atoms with Gasteiger partial charge in [0, 0.05) is 22.5 Å². The lowest BCUT2D eigenvalue weighted by molar-refractivity contribution is -0.274. The maximum atomic E-state index is 12.6. The number of aromatic nitrogens is 1. The van der Waals surface area contributed by atoms with Crippen molar-refractivity contribution >= 4 is 28.5 Å². The van der Waals surface area contributed by atoms with Gasteiger partial charge in [-0.25, -0.2) is 4.98 Å². The van der Waals surface area contributed by atoms with Crippen LogP contribution >= 0.6 is 11.8 Å². The van der Waals surface area contributed by atoms with Gasteiger partial charge in [-0.3, -0.25) is 4.79 Å². The van der Waals surface area contributed by atoms with Gasteiger partial charge >= 0.3 is 12.3 Å². The summed E-state index contributed by atoms with van der Waals surface area (Å²) in [7, 11) is 0. The molecule has 0 unspecified atom stereocenters. The van der Waals surface area contributed by atoms with Crippen LogP contribution in [-0.2, 0) is 11.2 Å². The first-order valence-corrected chi connectivity index (χ1v) is 9.53. The lowest BCUT2D eigenvalue weighted by Gasteiger charge is -2.13. The minimum atomic E-state index is -4.83. The number of aliphatic carboxylic acids is 1. The minimum absolute atomic E-state index is 0.190. The first kappa shape index (κ1) is 20.8. The number of halogens is 3. The van der Waals surface area contributed by atoms with E-state index >= 15 is 0 Å². The van der Waals surface area contributed by atoms with Crippen LogP contribution in [0.1, 0.15) is 12.5 Å². The summed E-state index contributed by atoms with van der Waals surface area (Å²) >= 11 is 1.60. The van der Waals surface area contributed by atoms with E-state index in [4.69, 9.17) is 9.84 Å². The second kappa shape index (κ2) is 8.60. The molecule has 0 atom stereocenters. The van der Waals surface area contributed by atoms with E-state index in [-0.39, 0.29) is 18.1 Å². The van der Waals surface area contributed by atoms with E-state index in [1.165, 1.54) is 24.3 Å². The number of pyridine rings is 1. The molecule has 0 radical (unpaired) electrons. The largest absolute Gasteiger partial charge is 0.573 e. The highest BCUT2D eigenvalue weighted by Gasteiger charge is 2.31. The van der Waals surface area contributed by atoms with Gasteiger partial charge in [0.05, 0.1) is 6.42 Å². The summed E-state index contributed by atoms with van der Waals surface area (Å²) in [6, 6.07) is 10.3. The molecule has 3 rings (SSSR count). The van der Waals surface area contributed by atoms with E-state index in [2.05, 4.69) is 9.72 Å². The summed E-state index contributed by atoms with van der Waals surface area (Å²) in [6.07, 6.45) is -3.45. The van der Waals surface area contributed by atoms with Crippen molar-refractivity contribution in [1.29, 1.82) is 0 Å². The lowest BCUT2D eigenvalue weighted by atomic mass is 10.0. The number of nitrogens with zero attached hydrogens (tertiary/aromatic N) is 1. The van der Waals surface area contributed by atoms with Gasteiger partial charge in [-0.15, -0.1) is 24.9 Å². The highest BCUT2D eigenvalue weighted by molar-refractivity contribution is 7.99. The highest BCUT2D eigenvalue weighted by Crippen LogP contribution is 2.35. The van der Waals surface area contributed by atoms with Gasteiger partial charge < -0.3 is 14.6 Å². The van der Waals surface area contributed by atoms with Gasteiger partial charge in [0.15, 0.2) is 0 Å². The zero-order chi connectivity index (χ0) is 21.0. The zero-order valence-corrected chi connectivity index (χ0v) is 16.0. The van der Waals surface area contributed by atoms with E-state index in [9.17, 15) is 18.0 Å². The fourth-order valence-electron chi connectivity index (χ4n) is 2.71. The Balaban J connectivity index is 2.02. The molecule has 2 aromatic carbocycles. The average molecular weight is 423 g/mol. The monoisotopic (exact) mass is 423 g/mol. The maximum Gasteiger partial charge on any atom is 0.573 e. The maximum absolute atomic E-state index is 12.6. The fraction of sp³-hybridized carbons (Fsp3) is 0.200. The molecule has 0 aliphatic carbocycles. The molecule has 0 spiro atoms. The molecule has 29 heavy (non-hydrogen) atoms. The normalized spacial score (nSPS) is 11.4. The molecule has 5 nitrogen and oxygen atoms in total. The van der Waals surface area contributed by atoms with Crippen molar-refractivity contribution < 1.29 is 32.5 Å². The molecule has 3 aromatic rings. The first-order valence-electron chi connectivity index (χ1n) is 8.54. The Labute approximate surface area is 168 Å². The van der Waals surface area contributed by atoms with Crippen LogP contribution in [0.5, 0.6) is 17.4 Å². The molecule has 0 bridgehead atoms. The Morgan fingerprint density at radius 2 is 1.97 bits per heavy atom. The number of rotatable bonds is 7. The van der Waals surface area contributed by atoms with Crippen molar-refractivity contribution in [2.45, 2.75) is 24.6 Å². The Morgan fingerprint density at radius 3 is 2.59 bits per heavy atom. The predicted octanol–water partition coefficient (Wildman–Crippen LogP) is 5.66. The summed E-state index contributed by atoms with van der Waals surface area (Å²) in [5.41, 5.74) is 0.447. The molecular weight excluding hydrogens is 407 g/mol. The SMILES string of the molecule is CCSc1ccc(Oc2cc(CC(=O)O)cc3ccc(OC(F)(F)F)cc23)nc1. The topological polar surface area (TPSA) is 68.7 Å². The number of carboxylic acids is 1. The van der Waals surface area contributed by atoms with Crippen molar-refractivity contribution in [2.75, 3.05) is 5.75 Å². The van der Waals surface area contributed by atoms with Crippen LogP contribution in [0.15, 0.2) is 53.6 Å². The van der Waals surface area contributed by atoms with Crippen molar-refractivity contribution in [3.05, 3.63) is 54.2 Å². The standard InChI is InChI=1S/C20H16F3NO4S/c1-2-29-15-5-6-18(24-11-15)27-17-8-12(9-19(25)26)7-13-3-4-14(10-16(13)17)28-20(21,22)23/h3-8,10-11H,2,9H2,1H3,(H,25,26). The number of fused-ring (bicyclic) bond motifs is 1. The number of carboxylic acid groups (broad SMARTS) is 1. The third-order valence-corrected chi connectivity index (χ3v) is 4.63. The van der Waals surface area contributed by atoms with Crippen LogP contribution in [0.25, 0.3) is 10.8 Å². The van der Waals surface area contributed by atoms with Crippen LogP contribution in [0.3, 0.4) is 0 Å². The van der Waals surface area contributed by atoms with Gasteiger partial charge in [-0.05, 0) is 41.0 Å². The average Bonchev–Trinajstić information content (AvgIpc) is 2.62. The van der Waals surface area contributed by atoms with Crippen LogP contribution in [0, 0.1) is 0 Å². The van der Waals surface area contributed by atoms with Gasteiger partial charge in [0.1, 0.15) is 11.5 Å². The number of benzene rings is 2. The summed E-state index contributed by atoms with van der Waals surface area (Å²) in [5, 5.41) is 9.93. The van der Waals surface area contributed by atoms with E-state index in [1.807, 2.05) is 13.0 Å². The van der Waals surface area contributed by atoms with Gasteiger partial charge in [0.2, 0.25) is 5.88 Å². The summed E-state index contributed by atoms with van der Waals surface area (Å²) in [6.45, 7) is 2.01. The number of hydrogen-bond donors (Lipinski definition) is 1. The zero-order valence-electron chi connectivity index (χ0n) is 15.2. The number of thioether (sulfide) groups is 1. The Bertz CT molecular complexity index is 1020. The van der Waals surface area contributed by atoms with Crippen molar-refractivity contribution in [3.63, 3.8) is 0 Å². The van der Waals surface area contributed by atoms with Gasteiger partial charge in [-0.2, -0.15) is 0 Å². The quantitative estimate of drug-likeness (QED) is 0.494. The summed E-state index contributed by atoms with van der Waals surface area (Å²) < 4.78 is 47.5. The Kier molecular flexibility index (Phi) is 6.17. The third-order valence-electron chi connectivity index (χ3n) is 3.77. The summed E-state index contributed by atoms with van der Waals surface area (Å²) in [5.74, 6) is -0.128.